The summed E-state index contributed by atoms with van der Waals surface area (Å²) in [5.74, 6) is 0.569. The van der Waals surface area contributed by atoms with Crippen LogP contribution in [0.25, 0.3) is 11.5 Å². The highest BCUT2D eigenvalue weighted by Gasteiger charge is 2.53. The van der Waals surface area contributed by atoms with Crippen molar-refractivity contribution in [1.82, 2.24) is 10.2 Å². The van der Waals surface area contributed by atoms with Crippen LogP contribution in [0.2, 0.25) is 15.1 Å². The molecule has 0 bridgehead atoms. The maximum atomic E-state index is 12.7. The Balaban J connectivity index is 1.31. The molecule has 0 aliphatic heterocycles. The fraction of sp³-hybridized carbons (Fsp3) is 0.222. The molecule has 0 radical (unpaired) electrons. The van der Waals surface area contributed by atoms with Crippen LogP contribution in [-0.4, -0.2) is 24.9 Å². The van der Waals surface area contributed by atoms with Gasteiger partial charge in [0.05, 0.1) is 17.1 Å². The van der Waals surface area contributed by atoms with Gasteiger partial charge in [-0.25, -0.2) is 4.21 Å². The molecule has 1 saturated carbocycles. The fourth-order valence-electron chi connectivity index (χ4n) is 4.34. The van der Waals surface area contributed by atoms with E-state index in [1.807, 2.05) is 12.1 Å². The third-order valence-electron chi connectivity index (χ3n) is 6.60. The Hall–Kier alpha value is -2.75. The predicted molar refractivity (Wildman–Crippen MR) is 149 cm³/mol. The normalized spacial score (nSPS) is 15.6. The number of rotatable bonds is 8. The second-order valence-electron chi connectivity index (χ2n) is 9.20. The molecule has 38 heavy (non-hydrogen) atoms. The maximum Gasteiger partial charge on any atom is 0.247 e. The third-order valence-corrected chi connectivity index (χ3v) is 8.32. The van der Waals surface area contributed by atoms with E-state index in [0.717, 1.165) is 29.5 Å². The van der Waals surface area contributed by atoms with Crippen molar-refractivity contribution in [2.45, 2.75) is 36.9 Å². The first kappa shape index (κ1) is 26.8. The molecule has 3 aromatic carbocycles. The Bertz CT molecular complexity index is 1500. The minimum Gasteiger partial charge on any atom is -0.420 e. The zero-order valence-corrected chi connectivity index (χ0v) is 23.2. The lowest BCUT2D eigenvalue weighted by atomic mass is 9.95. The zero-order valence-electron chi connectivity index (χ0n) is 20.1. The Morgan fingerprint density at radius 3 is 2.26 bits per heavy atom. The van der Waals surface area contributed by atoms with E-state index in [0.29, 0.717) is 38.1 Å². The molecule has 1 fully saturated rings. The summed E-state index contributed by atoms with van der Waals surface area (Å²) in [5, 5.41) is 12.2. The standard InChI is InChI=1S/C27H22Cl3N3O4S/c1-15(38(35)36)17-4-2-16(3-5-17)12-23(34)31-20-13-21(29)24(22(30)14-20)27(10-11-27)26-33-32-25(37-26)18-6-8-19(28)9-7-18/h2-9,13-15H,10-12H2,1H3,(H,31,34)(H,35,36). The molecule has 196 valence electrons. The lowest BCUT2D eigenvalue weighted by Gasteiger charge is -2.17. The van der Waals surface area contributed by atoms with Crippen LogP contribution in [-0.2, 0) is 27.7 Å². The number of nitrogens with one attached hydrogen (secondary N) is 1. The molecule has 0 saturated heterocycles. The number of carbonyl (C=O) groups excluding carboxylic acids is 1. The molecule has 7 nitrogen and oxygen atoms in total. The zero-order chi connectivity index (χ0) is 27.0. The summed E-state index contributed by atoms with van der Waals surface area (Å²) in [4.78, 5) is 12.7. The van der Waals surface area contributed by atoms with E-state index in [4.69, 9.17) is 39.2 Å². The smallest absolute Gasteiger partial charge is 0.247 e. The van der Waals surface area contributed by atoms with Crippen molar-refractivity contribution >= 4 is 57.5 Å². The van der Waals surface area contributed by atoms with Gasteiger partial charge < -0.3 is 14.3 Å². The molecule has 2 N–H and O–H groups in total. The summed E-state index contributed by atoms with van der Waals surface area (Å²) in [6, 6.07) is 17.5. The number of anilines is 1. The molecular formula is C27H22Cl3N3O4S. The first-order valence-corrected chi connectivity index (χ1v) is 14.0. The third kappa shape index (κ3) is 5.51. The number of amides is 1. The first-order valence-electron chi connectivity index (χ1n) is 11.7. The van der Waals surface area contributed by atoms with Gasteiger partial charge in [-0.15, -0.1) is 10.2 Å². The minimum atomic E-state index is -1.96. The second kappa shape index (κ2) is 10.8. The summed E-state index contributed by atoms with van der Waals surface area (Å²) in [5.41, 5.74) is 2.83. The van der Waals surface area contributed by atoms with E-state index >= 15 is 0 Å². The fourth-order valence-corrected chi connectivity index (χ4v) is 5.70. The number of halogens is 3. The van der Waals surface area contributed by atoms with Gasteiger partial charge in [-0.2, -0.15) is 0 Å². The summed E-state index contributed by atoms with van der Waals surface area (Å²) in [7, 11) is 0. The van der Waals surface area contributed by atoms with Gasteiger partial charge in [-0.05, 0) is 67.3 Å². The number of nitrogens with zero attached hydrogens (tertiary/aromatic N) is 2. The lowest BCUT2D eigenvalue weighted by Crippen LogP contribution is -2.16. The minimum absolute atomic E-state index is 0.118. The number of aromatic nitrogens is 2. The van der Waals surface area contributed by atoms with Gasteiger partial charge in [0.15, 0.2) is 11.1 Å². The van der Waals surface area contributed by atoms with Crippen molar-refractivity contribution in [3.63, 3.8) is 0 Å². The molecule has 2 unspecified atom stereocenters. The van der Waals surface area contributed by atoms with E-state index in [1.165, 1.54) is 0 Å². The molecule has 0 spiro atoms. The van der Waals surface area contributed by atoms with Crippen LogP contribution in [0.5, 0.6) is 0 Å². The van der Waals surface area contributed by atoms with Gasteiger partial charge in [0.25, 0.3) is 0 Å². The topological polar surface area (TPSA) is 105 Å². The Kier molecular flexibility index (Phi) is 7.62. The van der Waals surface area contributed by atoms with E-state index in [9.17, 15) is 13.6 Å². The van der Waals surface area contributed by atoms with Gasteiger partial charge >= 0.3 is 0 Å². The molecule has 11 heteroatoms. The molecule has 1 amide bonds. The van der Waals surface area contributed by atoms with Crippen LogP contribution in [0.15, 0.2) is 65.1 Å². The highest BCUT2D eigenvalue weighted by molar-refractivity contribution is 7.79. The van der Waals surface area contributed by atoms with Crippen LogP contribution in [0.1, 0.15) is 47.6 Å². The molecule has 4 aromatic rings. The second-order valence-corrected chi connectivity index (χ2v) is 11.7. The van der Waals surface area contributed by atoms with E-state index in [-0.39, 0.29) is 12.3 Å². The number of hydrogen-bond donors (Lipinski definition) is 2. The average molecular weight is 591 g/mol. The first-order chi connectivity index (χ1) is 18.2. The van der Waals surface area contributed by atoms with E-state index < -0.39 is 21.7 Å². The van der Waals surface area contributed by atoms with Gasteiger partial charge in [0, 0.05) is 31.9 Å². The van der Waals surface area contributed by atoms with Gasteiger partial charge in [0.2, 0.25) is 17.7 Å². The summed E-state index contributed by atoms with van der Waals surface area (Å²) in [6.45, 7) is 1.66. The molecule has 1 heterocycles. The Morgan fingerprint density at radius 1 is 1.05 bits per heavy atom. The molecule has 2 atom stereocenters. The average Bonchev–Trinajstić information content (AvgIpc) is 3.50. The van der Waals surface area contributed by atoms with Gasteiger partial charge in [-0.3, -0.25) is 4.79 Å². The predicted octanol–water partition coefficient (Wildman–Crippen LogP) is 7.24. The van der Waals surface area contributed by atoms with Crippen LogP contribution in [0.4, 0.5) is 5.69 Å². The molecule has 1 aliphatic rings. The van der Waals surface area contributed by atoms with Crippen molar-refractivity contribution in [2.75, 3.05) is 5.32 Å². The van der Waals surface area contributed by atoms with E-state index in [2.05, 4.69) is 15.5 Å². The van der Waals surface area contributed by atoms with Crippen LogP contribution < -0.4 is 5.32 Å². The van der Waals surface area contributed by atoms with Crippen molar-refractivity contribution in [3.05, 3.63) is 98.3 Å². The highest BCUT2D eigenvalue weighted by Crippen LogP contribution is 2.57. The number of benzene rings is 3. The lowest BCUT2D eigenvalue weighted by molar-refractivity contribution is -0.115. The number of hydrogen-bond acceptors (Lipinski definition) is 5. The summed E-state index contributed by atoms with van der Waals surface area (Å²) < 4.78 is 26.5. The van der Waals surface area contributed by atoms with Crippen molar-refractivity contribution in [1.29, 1.82) is 0 Å². The maximum absolute atomic E-state index is 12.7. The van der Waals surface area contributed by atoms with Crippen LogP contribution >= 0.6 is 34.8 Å². The van der Waals surface area contributed by atoms with Crippen LogP contribution in [0, 0.1) is 0 Å². The van der Waals surface area contributed by atoms with E-state index in [1.54, 1.807) is 55.5 Å². The quantitative estimate of drug-likeness (QED) is 0.210. The number of carbonyl (C=O) groups is 1. The SMILES string of the molecule is CC(c1ccc(CC(=O)Nc2cc(Cl)c(C3(c4nnc(-c5ccc(Cl)cc5)o4)CC3)c(Cl)c2)cc1)S(=O)O. The van der Waals surface area contributed by atoms with Crippen molar-refractivity contribution in [3.8, 4) is 11.5 Å². The van der Waals surface area contributed by atoms with Crippen LogP contribution in [0.3, 0.4) is 0 Å². The van der Waals surface area contributed by atoms with Gasteiger partial charge in [0.1, 0.15) is 0 Å². The summed E-state index contributed by atoms with van der Waals surface area (Å²) in [6.07, 6.45) is 1.62. The van der Waals surface area contributed by atoms with Gasteiger partial charge in [-0.1, -0.05) is 59.1 Å². The molecule has 5 rings (SSSR count). The Morgan fingerprint density at radius 2 is 1.68 bits per heavy atom. The largest absolute Gasteiger partial charge is 0.420 e. The Labute approximate surface area is 236 Å². The molecule has 1 aromatic heterocycles. The summed E-state index contributed by atoms with van der Waals surface area (Å²) >= 11 is 17.4. The monoisotopic (exact) mass is 589 g/mol. The van der Waals surface area contributed by atoms with Crippen molar-refractivity contribution < 1.29 is 18.0 Å². The molecular weight excluding hydrogens is 569 g/mol. The highest BCUT2D eigenvalue weighted by atomic mass is 35.5. The van der Waals surface area contributed by atoms with Crippen molar-refractivity contribution in [2.24, 2.45) is 0 Å². The molecule has 1 aliphatic carbocycles.